The molecule has 2 aromatic carbocycles. The van der Waals surface area contributed by atoms with Crippen molar-refractivity contribution in [2.75, 3.05) is 26.1 Å². The lowest BCUT2D eigenvalue weighted by Crippen LogP contribution is -2.16. The molecule has 0 bridgehead atoms. The van der Waals surface area contributed by atoms with E-state index in [1.807, 2.05) is 24.3 Å². The molecule has 0 unspecified atom stereocenters. The maximum absolute atomic E-state index is 12.8. The van der Waals surface area contributed by atoms with Gasteiger partial charge in [-0.25, -0.2) is 0 Å². The second-order valence-corrected chi connectivity index (χ2v) is 8.05. The van der Waals surface area contributed by atoms with Crippen LogP contribution >= 0.6 is 11.8 Å². The Bertz CT molecular complexity index is 1050. The minimum Gasteiger partial charge on any atom is -0.497 e. The van der Waals surface area contributed by atoms with Crippen molar-refractivity contribution in [1.82, 2.24) is 14.8 Å². The molecule has 0 saturated carbocycles. The van der Waals surface area contributed by atoms with Gasteiger partial charge in [-0.05, 0) is 48.9 Å². The van der Waals surface area contributed by atoms with Crippen molar-refractivity contribution in [3.05, 3.63) is 48.0 Å². The largest absolute Gasteiger partial charge is 0.497 e. The van der Waals surface area contributed by atoms with Crippen LogP contribution in [0.1, 0.15) is 30.1 Å². The Labute approximate surface area is 185 Å². The number of benzene rings is 2. The predicted octanol–water partition coefficient (Wildman–Crippen LogP) is 4.50. The van der Waals surface area contributed by atoms with Gasteiger partial charge in [-0.1, -0.05) is 25.1 Å². The van der Waals surface area contributed by atoms with Crippen molar-refractivity contribution in [3.8, 4) is 28.6 Å². The SMILES string of the molecule is CCCCn1c(SCC(=O)c2ccc3c(c2)OCCO3)nnc1-c1ccc(OC)cc1. The zero-order chi connectivity index (χ0) is 21.6. The molecule has 1 aromatic heterocycles. The number of fused-ring (bicyclic) bond motifs is 1. The highest BCUT2D eigenvalue weighted by molar-refractivity contribution is 7.99. The third-order valence-corrected chi connectivity index (χ3v) is 5.96. The first-order chi connectivity index (χ1) is 15.2. The zero-order valence-corrected chi connectivity index (χ0v) is 18.5. The lowest BCUT2D eigenvalue weighted by Gasteiger charge is -2.18. The summed E-state index contributed by atoms with van der Waals surface area (Å²) in [4.78, 5) is 12.8. The van der Waals surface area contributed by atoms with Crippen molar-refractivity contribution in [1.29, 1.82) is 0 Å². The van der Waals surface area contributed by atoms with E-state index >= 15 is 0 Å². The highest BCUT2D eigenvalue weighted by atomic mass is 32.2. The molecule has 8 heteroatoms. The number of nitrogens with zero attached hydrogens (tertiary/aromatic N) is 3. The van der Waals surface area contributed by atoms with Crippen LogP contribution in [0.25, 0.3) is 11.4 Å². The predicted molar refractivity (Wildman–Crippen MR) is 119 cm³/mol. The molecule has 0 radical (unpaired) electrons. The average Bonchev–Trinajstić information content (AvgIpc) is 3.23. The van der Waals surface area contributed by atoms with Gasteiger partial charge in [0.1, 0.15) is 19.0 Å². The van der Waals surface area contributed by atoms with E-state index in [1.165, 1.54) is 11.8 Å². The Hall–Kier alpha value is -3.00. The second kappa shape index (κ2) is 9.87. The first kappa shape index (κ1) is 21.2. The highest BCUT2D eigenvalue weighted by Gasteiger charge is 2.18. The number of thioether (sulfide) groups is 1. The van der Waals surface area contributed by atoms with Crippen molar-refractivity contribution in [2.45, 2.75) is 31.5 Å². The van der Waals surface area contributed by atoms with Gasteiger partial charge in [0.2, 0.25) is 0 Å². The number of rotatable bonds is 9. The summed E-state index contributed by atoms with van der Waals surface area (Å²) in [5, 5.41) is 9.52. The number of carbonyl (C=O) groups is 1. The van der Waals surface area contributed by atoms with Crippen LogP contribution < -0.4 is 14.2 Å². The molecule has 1 aliphatic heterocycles. The summed E-state index contributed by atoms with van der Waals surface area (Å²) in [6.45, 7) is 3.97. The van der Waals surface area contributed by atoms with Crippen LogP contribution in [0.15, 0.2) is 47.6 Å². The quantitative estimate of drug-likeness (QED) is 0.359. The first-order valence-electron chi connectivity index (χ1n) is 10.3. The summed E-state index contributed by atoms with van der Waals surface area (Å²) in [7, 11) is 1.65. The lowest BCUT2D eigenvalue weighted by atomic mass is 10.1. The highest BCUT2D eigenvalue weighted by Crippen LogP contribution is 2.32. The number of unbranched alkanes of at least 4 members (excludes halogenated alkanes) is 1. The molecule has 0 N–H and O–H groups in total. The molecule has 0 saturated heterocycles. The van der Waals surface area contributed by atoms with E-state index in [0.717, 1.165) is 41.7 Å². The van der Waals surface area contributed by atoms with E-state index in [0.29, 0.717) is 30.3 Å². The number of Topliss-reactive ketones (excluding diaryl/α,β-unsaturated/α-hetero) is 1. The minimum atomic E-state index is 0.0120. The average molecular weight is 440 g/mol. The number of ketones is 1. The fourth-order valence-electron chi connectivity index (χ4n) is 3.30. The van der Waals surface area contributed by atoms with Gasteiger partial charge in [-0.2, -0.15) is 0 Å². The molecular weight excluding hydrogens is 414 g/mol. The summed E-state index contributed by atoms with van der Waals surface area (Å²) in [6, 6.07) is 13.1. The van der Waals surface area contributed by atoms with Gasteiger partial charge in [0.15, 0.2) is 28.3 Å². The second-order valence-electron chi connectivity index (χ2n) is 7.11. The van der Waals surface area contributed by atoms with Crippen LogP contribution in [0.3, 0.4) is 0 Å². The molecule has 31 heavy (non-hydrogen) atoms. The third-order valence-electron chi connectivity index (χ3n) is 5.00. The monoisotopic (exact) mass is 439 g/mol. The molecule has 7 nitrogen and oxygen atoms in total. The smallest absolute Gasteiger partial charge is 0.191 e. The number of carbonyl (C=O) groups excluding carboxylic acids is 1. The van der Waals surface area contributed by atoms with E-state index in [9.17, 15) is 4.79 Å². The normalized spacial score (nSPS) is 12.6. The molecule has 0 atom stereocenters. The summed E-state index contributed by atoms with van der Waals surface area (Å²) in [5.74, 6) is 3.17. The maximum Gasteiger partial charge on any atom is 0.191 e. The van der Waals surface area contributed by atoms with Gasteiger partial charge in [-0.3, -0.25) is 4.79 Å². The molecule has 0 spiro atoms. The number of methoxy groups -OCH3 is 1. The van der Waals surface area contributed by atoms with Crippen LogP contribution in [0.4, 0.5) is 0 Å². The first-order valence-corrected chi connectivity index (χ1v) is 11.3. The standard InChI is InChI=1S/C23H25N3O4S/c1-3-4-11-26-22(16-5-8-18(28-2)9-6-16)24-25-23(26)31-15-19(27)17-7-10-20-21(14-17)30-13-12-29-20/h5-10,14H,3-4,11-13,15H2,1-2H3. The molecular formula is C23H25N3O4S. The Morgan fingerprint density at radius 3 is 2.61 bits per heavy atom. The van der Waals surface area contributed by atoms with Crippen molar-refractivity contribution in [3.63, 3.8) is 0 Å². The number of aromatic nitrogens is 3. The molecule has 1 aliphatic rings. The number of hydrogen-bond acceptors (Lipinski definition) is 7. The lowest BCUT2D eigenvalue weighted by molar-refractivity contribution is 0.102. The van der Waals surface area contributed by atoms with E-state index in [-0.39, 0.29) is 11.5 Å². The molecule has 0 fully saturated rings. The van der Waals surface area contributed by atoms with Gasteiger partial charge >= 0.3 is 0 Å². The van der Waals surface area contributed by atoms with E-state index in [1.54, 1.807) is 25.3 Å². The Morgan fingerprint density at radius 2 is 1.87 bits per heavy atom. The molecule has 2 heterocycles. The van der Waals surface area contributed by atoms with Crippen LogP contribution in [0.5, 0.6) is 17.2 Å². The summed E-state index contributed by atoms with van der Waals surface area (Å²) >= 11 is 1.40. The summed E-state index contributed by atoms with van der Waals surface area (Å²) in [5.41, 5.74) is 1.57. The topological polar surface area (TPSA) is 75.5 Å². The van der Waals surface area contributed by atoms with Crippen LogP contribution in [-0.4, -0.2) is 46.6 Å². The van der Waals surface area contributed by atoms with E-state index in [4.69, 9.17) is 14.2 Å². The Kier molecular flexibility index (Phi) is 6.76. The fraction of sp³-hybridized carbons (Fsp3) is 0.348. The van der Waals surface area contributed by atoms with E-state index < -0.39 is 0 Å². The Balaban J connectivity index is 1.51. The molecule has 162 valence electrons. The van der Waals surface area contributed by atoms with Gasteiger partial charge in [0, 0.05) is 17.7 Å². The van der Waals surface area contributed by atoms with Crippen LogP contribution in [-0.2, 0) is 6.54 Å². The molecule has 4 rings (SSSR count). The number of ether oxygens (including phenoxy) is 3. The van der Waals surface area contributed by atoms with Gasteiger partial charge in [0.05, 0.1) is 12.9 Å². The number of hydrogen-bond donors (Lipinski definition) is 0. The van der Waals surface area contributed by atoms with E-state index in [2.05, 4.69) is 21.7 Å². The summed E-state index contributed by atoms with van der Waals surface area (Å²) in [6.07, 6.45) is 2.06. The molecule has 0 aliphatic carbocycles. The van der Waals surface area contributed by atoms with Gasteiger partial charge in [-0.15, -0.1) is 10.2 Å². The fourth-order valence-corrected chi connectivity index (χ4v) is 4.16. The third kappa shape index (κ3) is 4.85. The van der Waals surface area contributed by atoms with Crippen molar-refractivity contribution < 1.29 is 19.0 Å². The van der Waals surface area contributed by atoms with Crippen molar-refractivity contribution >= 4 is 17.5 Å². The van der Waals surface area contributed by atoms with Gasteiger partial charge in [0.25, 0.3) is 0 Å². The Morgan fingerprint density at radius 1 is 1.10 bits per heavy atom. The summed E-state index contributed by atoms with van der Waals surface area (Å²) < 4.78 is 18.5. The zero-order valence-electron chi connectivity index (χ0n) is 17.7. The molecule has 3 aromatic rings. The molecule has 0 amide bonds. The van der Waals surface area contributed by atoms with Gasteiger partial charge < -0.3 is 18.8 Å². The minimum absolute atomic E-state index is 0.0120. The van der Waals surface area contributed by atoms with Crippen molar-refractivity contribution in [2.24, 2.45) is 0 Å². The maximum atomic E-state index is 12.8. The van der Waals surface area contributed by atoms with Crippen LogP contribution in [0, 0.1) is 0 Å². The van der Waals surface area contributed by atoms with Crippen LogP contribution in [0.2, 0.25) is 0 Å².